The summed E-state index contributed by atoms with van der Waals surface area (Å²) in [5, 5.41) is 50.2. The van der Waals surface area contributed by atoms with Gasteiger partial charge in [-0.2, -0.15) is 0 Å². The molecule has 3 aromatic rings. The Labute approximate surface area is 225 Å². The number of hydrogen-bond acceptors (Lipinski definition) is 10. The van der Waals surface area contributed by atoms with Crippen LogP contribution in [-0.4, -0.2) is 84.5 Å². The Morgan fingerprint density at radius 2 is 1.53 bits per heavy atom. The van der Waals surface area contributed by atoms with Gasteiger partial charge in [0.1, 0.15) is 22.8 Å². The molecule has 0 aromatic heterocycles. The summed E-state index contributed by atoms with van der Waals surface area (Å²) in [6, 6.07) is 11.5. The maximum Gasteiger partial charge on any atom is 0.202 e. The van der Waals surface area contributed by atoms with Gasteiger partial charge in [0, 0.05) is 45.0 Å². The van der Waals surface area contributed by atoms with E-state index >= 15 is 0 Å². The van der Waals surface area contributed by atoms with E-state index in [1.165, 1.54) is 19.2 Å². The number of phenolic OH excluding ortho intramolecular Hbond substituents is 3. The molecule has 0 spiro atoms. The summed E-state index contributed by atoms with van der Waals surface area (Å²) in [6.07, 6.45) is -4.28. The second-order valence-electron chi connectivity index (χ2n) is 8.20. The number of benzene rings is 3. The van der Waals surface area contributed by atoms with E-state index in [1.54, 1.807) is 30.3 Å². The second kappa shape index (κ2) is 10.0. The molecular formula is C25H22O10Pb. The number of ketones is 1. The van der Waals surface area contributed by atoms with Gasteiger partial charge < -0.3 is 44.5 Å². The summed E-state index contributed by atoms with van der Waals surface area (Å²) in [5.74, 6) is -0.823. The molecule has 5 N–H and O–H groups in total. The number of fused-ring (bicyclic) bond motifs is 2. The third kappa shape index (κ3) is 4.40. The van der Waals surface area contributed by atoms with Gasteiger partial charge in [-0.15, -0.1) is 0 Å². The fourth-order valence-electron chi connectivity index (χ4n) is 4.28. The number of carbonyl (C=O) groups is 1. The van der Waals surface area contributed by atoms with E-state index in [4.69, 9.17) is 18.9 Å². The number of rotatable bonds is 4. The molecule has 4 atom stereocenters. The van der Waals surface area contributed by atoms with E-state index < -0.39 is 35.9 Å². The molecule has 5 rings (SSSR count). The van der Waals surface area contributed by atoms with Crippen molar-refractivity contribution in [2.24, 2.45) is 0 Å². The van der Waals surface area contributed by atoms with Crippen molar-refractivity contribution in [3.63, 3.8) is 0 Å². The van der Waals surface area contributed by atoms with Crippen LogP contribution >= 0.6 is 0 Å². The molecule has 36 heavy (non-hydrogen) atoms. The van der Waals surface area contributed by atoms with E-state index in [1.807, 2.05) is 0 Å². The van der Waals surface area contributed by atoms with Gasteiger partial charge in [-0.05, 0) is 29.8 Å². The smallest absolute Gasteiger partial charge is 0.202 e. The van der Waals surface area contributed by atoms with Gasteiger partial charge in [0.25, 0.3) is 0 Å². The molecule has 0 saturated heterocycles. The standard InChI is InChI=1S/C25H22O10.Pb/c1-32-17-6-11(2-4-14(17)28)24-20(10-26)33-16-5-3-12(7-18(16)34-24)25-23(31)22(30)21-15(29)8-13(27)9-19(21)35-25;/h2-9,20,23-29,31H,10H2,1H3;/t20-,23+,24-,25-;/m1./s1. The van der Waals surface area contributed by atoms with Crippen LogP contribution in [0.2, 0.25) is 0 Å². The van der Waals surface area contributed by atoms with E-state index in [0.29, 0.717) is 16.9 Å². The van der Waals surface area contributed by atoms with Crippen LogP contribution in [0, 0.1) is 0 Å². The maximum absolute atomic E-state index is 12.7. The summed E-state index contributed by atoms with van der Waals surface area (Å²) >= 11 is 0. The largest absolute Gasteiger partial charge is 0.508 e. The minimum Gasteiger partial charge on any atom is -0.508 e. The van der Waals surface area contributed by atoms with Gasteiger partial charge in [0.15, 0.2) is 47.4 Å². The zero-order valence-electron chi connectivity index (χ0n) is 18.9. The molecule has 11 heteroatoms. The Bertz CT molecular complexity index is 1310. The van der Waals surface area contributed by atoms with Crippen molar-refractivity contribution in [2.45, 2.75) is 24.4 Å². The molecule has 0 unspecified atom stereocenters. The van der Waals surface area contributed by atoms with Crippen LogP contribution in [0.1, 0.15) is 33.7 Å². The molecule has 0 aliphatic carbocycles. The number of Topliss-reactive ketones (excluding diaryl/α,β-unsaturated/α-hetero) is 1. The third-order valence-corrected chi connectivity index (χ3v) is 6.00. The van der Waals surface area contributed by atoms with E-state index in [-0.39, 0.29) is 68.2 Å². The van der Waals surface area contributed by atoms with Crippen molar-refractivity contribution in [1.82, 2.24) is 0 Å². The predicted octanol–water partition coefficient (Wildman–Crippen LogP) is 1.98. The number of aromatic hydroxyl groups is 3. The molecule has 0 bridgehead atoms. The van der Waals surface area contributed by atoms with Crippen LogP contribution in [-0.2, 0) is 0 Å². The fourth-order valence-corrected chi connectivity index (χ4v) is 4.28. The minimum atomic E-state index is -1.62. The number of methoxy groups -OCH3 is 1. The van der Waals surface area contributed by atoms with Crippen LogP contribution in [0.5, 0.6) is 40.2 Å². The predicted molar refractivity (Wildman–Crippen MR) is 125 cm³/mol. The molecule has 2 heterocycles. The normalized spacial score (nSPS) is 22.1. The van der Waals surface area contributed by atoms with Crippen molar-refractivity contribution in [1.29, 1.82) is 0 Å². The Hall–Kier alpha value is -3.23. The number of ether oxygens (including phenoxy) is 4. The fraction of sp³-hybridized carbons (Fsp3) is 0.240. The summed E-state index contributed by atoms with van der Waals surface area (Å²) in [4.78, 5) is 12.7. The SMILES string of the molecule is COc1cc([C@H]2Oc3cc([C@H]4Oc5cc(O)cc(O)c5C(=O)[C@@H]4O)ccc3O[C@@H]2CO)ccc1O.[Pb]. The third-order valence-electron chi connectivity index (χ3n) is 6.00. The van der Waals surface area contributed by atoms with Gasteiger partial charge in [-0.25, -0.2) is 0 Å². The first kappa shape index (κ1) is 25.9. The summed E-state index contributed by atoms with van der Waals surface area (Å²) < 4.78 is 23.0. The van der Waals surface area contributed by atoms with Gasteiger partial charge in [-0.3, -0.25) is 4.79 Å². The van der Waals surface area contributed by atoms with Crippen molar-refractivity contribution in [3.05, 3.63) is 65.2 Å². The minimum absolute atomic E-state index is 0. The van der Waals surface area contributed by atoms with Crippen LogP contribution in [0.4, 0.5) is 0 Å². The Kier molecular flexibility index (Phi) is 7.20. The number of hydrogen-bond donors (Lipinski definition) is 5. The number of aliphatic hydroxyl groups excluding tert-OH is 2. The molecule has 4 radical (unpaired) electrons. The molecule has 2 aliphatic rings. The van der Waals surface area contributed by atoms with Gasteiger partial charge in [0.05, 0.1) is 13.7 Å². The van der Waals surface area contributed by atoms with Crippen molar-refractivity contribution in [2.75, 3.05) is 13.7 Å². The van der Waals surface area contributed by atoms with Gasteiger partial charge in [-0.1, -0.05) is 12.1 Å². The molecule has 2 aliphatic heterocycles. The maximum atomic E-state index is 12.7. The van der Waals surface area contributed by atoms with Crippen LogP contribution in [0.25, 0.3) is 0 Å². The zero-order chi connectivity index (χ0) is 24.9. The average Bonchev–Trinajstić information content (AvgIpc) is 2.85. The Balaban J connectivity index is 0.00000304. The van der Waals surface area contributed by atoms with E-state index in [9.17, 15) is 30.3 Å². The van der Waals surface area contributed by atoms with Crippen LogP contribution in [0.3, 0.4) is 0 Å². The van der Waals surface area contributed by atoms with Crippen molar-refractivity contribution in [3.8, 4) is 40.2 Å². The molecule has 0 saturated carbocycles. The summed E-state index contributed by atoms with van der Waals surface area (Å²) in [6.45, 7) is -0.349. The van der Waals surface area contributed by atoms with Crippen LogP contribution < -0.4 is 18.9 Å². The first-order chi connectivity index (χ1) is 16.8. The summed E-state index contributed by atoms with van der Waals surface area (Å²) in [5.41, 5.74) is 0.751. The monoisotopic (exact) mass is 690 g/mol. The van der Waals surface area contributed by atoms with E-state index in [0.717, 1.165) is 6.07 Å². The zero-order valence-corrected chi connectivity index (χ0v) is 22.8. The first-order valence-corrected chi connectivity index (χ1v) is 10.7. The van der Waals surface area contributed by atoms with Crippen LogP contribution in [0.15, 0.2) is 48.5 Å². The topological polar surface area (TPSA) is 155 Å². The molecule has 10 nitrogen and oxygen atoms in total. The molecule has 0 fully saturated rings. The second-order valence-corrected chi connectivity index (χ2v) is 8.20. The number of phenols is 3. The quantitative estimate of drug-likeness (QED) is 0.257. The average molecular weight is 690 g/mol. The van der Waals surface area contributed by atoms with Gasteiger partial charge >= 0.3 is 0 Å². The molecular weight excluding hydrogens is 667 g/mol. The Morgan fingerprint density at radius 1 is 0.833 bits per heavy atom. The number of carbonyl (C=O) groups excluding carboxylic acids is 1. The van der Waals surface area contributed by atoms with Gasteiger partial charge in [0.2, 0.25) is 5.78 Å². The van der Waals surface area contributed by atoms with E-state index in [2.05, 4.69) is 0 Å². The number of aliphatic hydroxyl groups is 2. The molecule has 186 valence electrons. The molecule has 0 amide bonds. The van der Waals surface area contributed by atoms with Crippen molar-refractivity contribution >= 4 is 33.1 Å². The summed E-state index contributed by atoms with van der Waals surface area (Å²) in [7, 11) is 1.41. The molecule has 3 aromatic carbocycles. The Morgan fingerprint density at radius 3 is 2.25 bits per heavy atom. The van der Waals surface area contributed by atoms with Crippen molar-refractivity contribution < 1.29 is 49.3 Å². The first-order valence-electron chi connectivity index (χ1n) is 10.7.